The number of ketones is 1. The lowest BCUT2D eigenvalue weighted by Gasteiger charge is -2.27. The van der Waals surface area contributed by atoms with Gasteiger partial charge in [0.2, 0.25) is 0 Å². The van der Waals surface area contributed by atoms with Crippen molar-refractivity contribution < 1.29 is 24.6 Å². The summed E-state index contributed by atoms with van der Waals surface area (Å²) in [5.74, 6) is -4.69. The fourth-order valence-electron chi connectivity index (χ4n) is 3.47. The smallest absolute Gasteiger partial charge is 0.307 e. The van der Waals surface area contributed by atoms with Crippen molar-refractivity contribution in [1.82, 2.24) is 0 Å². The number of Topliss-reactive ketones (excluding diaryl/α,β-unsaturated/α-hetero) is 1. The molecule has 0 aromatic heterocycles. The summed E-state index contributed by atoms with van der Waals surface area (Å²) in [5.41, 5.74) is 0. The molecule has 5 nitrogen and oxygen atoms in total. The summed E-state index contributed by atoms with van der Waals surface area (Å²) in [6, 6.07) is 0. The molecule has 114 valence electrons. The number of aliphatic carboxylic acids is 2. The van der Waals surface area contributed by atoms with E-state index in [1.54, 1.807) is 0 Å². The average molecular weight is 284 g/mol. The van der Waals surface area contributed by atoms with Gasteiger partial charge in [-0.3, -0.25) is 14.4 Å². The SMILES string of the molecule is CC(C)CC(=O)C1C(C(=O)O)CC(C(=O)O)C1C(C)C. The molecule has 0 spiro atoms. The van der Waals surface area contributed by atoms with Crippen LogP contribution in [0, 0.1) is 35.5 Å². The van der Waals surface area contributed by atoms with Gasteiger partial charge >= 0.3 is 11.9 Å². The Balaban J connectivity index is 3.13. The molecule has 1 aliphatic rings. The highest BCUT2D eigenvalue weighted by Crippen LogP contribution is 2.47. The van der Waals surface area contributed by atoms with E-state index in [0.29, 0.717) is 6.42 Å². The van der Waals surface area contributed by atoms with E-state index in [2.05, 4.69) is 0 Å². The lowest BCUT2D eigenvalue weighted by atomic mass is 9.75. The van der Waals surface area contributed by atoms with Gasteiger partial charge in [0, 0.05) is 12.3 Å². The molecule has 4 unspecified atom stereocenters. The third-order valence-electron chi connectivity index (χ3n) is 4.21. The first kappa shape index (κ1) is 16.7. The number of hydrogen-bond donors (Lipinski definition) is 2. The minimum absolute atomic E-state index is 0.0263. The van der Waals surface area contributed by atoms with Gasteiger partial charge in [-0.2, -0.15) is 0 Å². The van der Waals surface area contributed by atoms with Gasteiger partial charge in [0.05, 0.1) is 11.8 Å². The minimum Gasteiger partial charge on any atom is -0.481 e. The Bertz CT molecular complexity index is 399. The number of carbonyl (C=O) groups is 3. The van der Waals surface area contributed by atoms with Crippen LogP contribution >= 0.6 is 0 Å². The van der Waals surface area contributed by atoms with Crippen molar-refractivity contribution in [2.24, 2.45) is 35.5 Å². The molecule has 0 aliphatic heterocycles. The van der Waals surface area contributed by atoms with Crippen molar-refractivity contribution in [2.45, 2.75) is 40.5 Å². The third-order valence-corrected chi connectivity index (χ3v) is 4.21. The Kier molecular flexibility index (Phi) is 5.31. The van der Waals surface area contributed by atoms with E-state index < -0.39 is 29.7 Å². The molecule has 0 bridgehead atoms. The second kappa shape index (κ2) is 6.37. The number of rotatable bonds is 6. The van der Waals surface area contributed by atoms with Gasteiger partial charge in [-0.15, -0.1) is 0 Å². The second-order valence-corrected chi connectivity index (χ2v) is 6.54. The first-order valence-electron chi connectivity index (χ1n) is 7.15. The Labute approximate surface area is 119 Å². The highest BCUT2D eigenvalue weighted by molar-refractivity contribution is 5.89. The maximum absolute atomic E-state index is 12.4. The summed E-state index contributed by atoms with van der Waals surface area (Å²) in [7, 11) is 0. The van der Waals surface area contributed by atoms with Gasteiger partial charge in [0.15, 0.2) is 0 Å². The van der Waals surface area contributed by atoms with E-state index in [1.165, 1.54) is 0 Å². The highest BCUT2D eigenvalue weighted by atomic mass is 16.4. The second-order valence-electron chi connectivity index (χ2n) is 6.54. The van der Waals surface area contributed by atoms with Crippen LogP contribution in [-0.2, 0) is 14.4 Å². The lowest BCUT2D eigenvalue weighted by Crippen LogP contribution is -2.34. The zero-order valence-electron chi connectivity index (χ0n) is 12.5. The molecule has 1 aliphatic carbocycles. The van der Waals surface area contributed by atoms with Gasteiger partial charge in [-0.1, -0.05) is 27.7 Å². The van der Waals surface area contributed by atoms with E-state index in [-0.39, 0.29) is 30.0 Å². The van der Waals surface area contributed by atoms with Crippen LogP contribution in [0.4, 0.5) is 0 Å². The fraction of sp³-hybridized carbons (Fsp3) is 0.800. The predicted molar refractivity (Wildman–Crippen MR) is 73.1 cm³/mol. The van der Waals surface area contributed by atoms with Gasteiger partial charge in [0.25, 0.3) is 0 Å². The van der Waals surface area contributed by atoms with E-state index in [0.717, 1.165) is 0 Å². The minimum atomic E-state index is -1.05. The molecule has 0 aromatic carbocycles. The number of carbonyl (C=O) groups excluding carboxylic acids is 1. The van der Waals surface area contributed by atoms with Crippen molar-refractivity contribution >= 4 is 17.7 Å². The predicted octanol–water partition coefficient (Wildman–Crippen LogP) is 2.30. The molecule has 1 saturated carbocycles. The monoisotopic (exact) mass is 284 g/mol. The van der Waals surface area contributed by atoms with Crippen LogP contribution < -0.4 is 0 Å². The molecule has 0 radical (unpaired) electrons. The third kappa shape index (κ3) is 3.38. The summed E-state index contributed by atoms with van der Waals surface area (Å²) >= 11 is 0. The maximum Gasteiger partial charge on any atom is 0.307 e. The van der Waals surface area contributed by atoms with Crippen molar-refractivity contribution in [3.63, 3.8) is 0 Å². The summed E-state index contributed by atoms with van der Waals surface area (Å²) in [6.45, 7) is 7.53. The Morgan fingerprint density at radius 3 is 1.85 bits per heavy atom. The van der Waals surface area contributed by atoms with Gasteiger partial charge in [0.1, 0.15) is 5.78 Å². The molecule has 0 amide bonds. The van der Waals surface area contributed by atoms with E-state index in [4.69, 9.17) is 0 Å². The van der Waals surface area contributed by atoms with Crippen LogP contribution in [0.25, 0.3) is 0 Å². The topological polar surface area (TPSA) is 91.7 Å². The molecule has 1 fully saturated rings. The Morgan fingerprint density at radius 1 is 1.00 bits per heavy atom. The normalized spacial score (nSPS) is 29.9. The van der Waals surface area contributed by atoms with Crippen LogP contribution in [-0.4, -0.2) is 27.9 Å². The summed E-state index contributed by atoms with van der Waals surface area (Å²) in [6.07, 6.45) is 0.367. The maximum atomic E-state index is 12.4. The molecule has 2 N–H and O–H groups in total. The Hall–Kier alpha value is -1.39. The average Bonchev–Trinajstić information content (AvgIpc) is 2.67. The standard InChI is InChI=1S/C15H24O5/c1-7(2)5-11(16)13-10(15(19)20)6-9(14(17)18)12(13)8(3)4/h7-10,12-13H,5-6H2,1-4H3,(H,17,18)(H,19,20). The number of carboxylic acid groups (broad SMARTS) is 2. The van der Waals surface area contributed by atoms with Crippen molar-refractivity contribution in [3.05, 3.63) is 0 Å². The van der Waals surface area contributed by atoms with Crippen LogP contribution in [0.5, 0.6) is 0 Å². The quantitative estimate of drug-likeness (QED) is 0.780. The van der Waals surface area contributed by atoms with Crippen molar-refractivity contribution in [1.29, 1.82) is 0 Å². The van der Waals surface area contributed by atoms with Gasteiger partial charge in [-0.05, 0) is 24.2 Å². The summed E-state index contributed by atoms with van der Waals surface area (Å²) < 4.78 is 0. The van der Waals surface area contributed by atoms with E-state index in [9.17, 15) is 24.6 Å². The number of carboxylic acids is 2. The van der Waals surface area contributed by atoms with E-state index >= 15 is 0 Å². The zero-order valence-corrected chi connectivity index (χ0v) is 12.5. The van der Waals surface area contributed by atoms with Crippen LogP contribution in [0.3, 0.4) is 0 Å². The molecular weight excluding hydrogens is 260 g/mol. The first-order valence-corrected chi connectivity index (χ1v) is 7.15. The molecule has 0 saturated heterocycles. The Morgan fingerprint density at radius 2 is 1.50 bits per heavy atom. The molecule has 1 rings (SSSR count). The molecule has 20 heavy (non-hydrogen) atoms. The van der Waals surface area contributed by atoms with Crippen LogP contribution in [0.1, 0.15) is 40.5 Å². The van der Waals surface area contributed by atoms with Crippen molar-refractivity contribution in [3.8, 4) is 0 Å². The van der Waals surface area contributed by atoms with E-state index in [1.807, 2.05) is 27.7 Å². The highest BCUT2D eigenvalue weighted by Gasteiger charge is 2.53. The summed E-state index contributed by atoms with van der Waals surface area (Å²) in [5, 5.41) is 18.6. The van der Waals surface area contributed by atoms with Crippen LogP contribution in [0.15, 0.2) is 0 Å². The summed E-state index contributed by atoms with van der Waals surface area (Å²) in [4.78, 5) is 35.2. The van der Waals surface area contributed by atoms with Gasteiger partial charge in [-0.25, -0.2) is 0 Å². The molecular formula is C15H24O5. The zero-order chi connectivity index (χ0) is 15.6. The molecule has 4 atom stereocenters. The lowest BCUT2D eigenvalue weighted by molar-refractivity contribution is -0.146. The van der Waals surface area contributed by atoms with Crippen molar-refractivity contribution in [2.75, 3.05) is 0 Å². The molecule has 0 aromatic rings. The largest absolute Gasteiger partial charge is 0.481 e. The van der Waals surface area contributed by atoms with Gasteiger partial charge < -0.3 is 10.2 Å². The molecule has 0 heterocycles. The first-order chi connectivity index (χ1) is 9.16. The molecule has 5 heteroatoms. The fourth-order valence-corrected chi connectivity index (χ4v) is 3.47. The number of hydrogen-bond acceptors (Lipinski definition) is 3. The van der Waals surface area contributed by atoms with Crippen LogP contribution in [0.2, 0.25) is 0 Å².